The lowest BCUT2D eigenvalue weighted by Gasteiger charge is -2.12. The number of anilines is 1. The van der Waals surface area contributed by atoms with Crippen molar-refractivity contribution in [1.82, 2.24) is 9.55 Å². The number of benzene rings is 2. The van der Waals surface area contributed by atoms with Gasteiger partial charge in [0.05, 0.1) is 18.9 Å². The molecule has 1 amide bonds. The van der Waals surface area contributed by atoms with Gasteiger partial charge in [0.15, 0.2) is 16.7 Å². The van der Waals surface area contributed by atoms with E-state index in [2.05, 4.69) is 10.3 Å². The molecular formula is C22H25N3O3S. The molecule has 0 spiro atoms. The molecular weight excluding hydrogens is 386 g/mol. The summed E-state index contributed by atoms with van der Waals surface area (Å²) in [5, 5.41) is 3.86. The molecule has 152 valence electrons. The van der Waals surface area contributed by atoms with Gasteiger partial charge in [-0.2, -0.15) is 0 Å². The Morgan fingerprint density at radius 3 is 2.55 bits per heavy atom. The fraction of sp³-hybridized carbons (Fsp3) is 0.273. The third kappa shape index (κ3) is 6.02. The zero-order valence-corrected chi connectivity index (χ0v) is 17.4. The first kappa shape index (κ1) is 20.8. The molecule has 0 atom stereocenters. The first-order chi connectivity index (χ1) is 14.2. The van der Waals surface area contributed by atoms with Crippen molar-refractivity contribution >= 4 is 23.4 Å². The maximum atomic E-state index is 12.4. The minimum Gasteiger partial charge on any atom is -0.490 e. The van der Waals surface area contributed by atoms with Crippen molar-refractivity contribution in [2.24, 2.45) is 7.05 Å². The lowest BCUT2D eigenvalue weighted by Crippen LogP contribution is -2.13. The normalized spacial score (nSPS) is 10.6. The number of imidazole rings is 1. The lowest BCUT2D eigenvalue weighted by molar-refractivity contribution is -0.116. The molecule has 1 aromatic heterocycles. The fourth-order valence-corrected chi connectivity index (χ4v) is 3.57. The predicted molar refractivity (Wildman–Crippen MR) is 115 cm³/mol. The zero-order valence-electron chi connectivity index (χ0n) is 16.6. The molecule has 0 unspecified atom stereocenters. The lowest BCUT2D eigenvalue weighted by atomic mass is 10.2. The number of nitrogens with zero attached hydrogens (tertiary/aromatic N) is 2. The monoisotopic (exact) mass is 411 g/mol. The van der Waals surface area contributed by atoms with Crippen LogP contribution in [0.5, 0.6) is 11.5 Å². The maximum Gasteiger partial charge on any atom is 0.224 e. The van der Waals surface area contributed by atoms with E-state index >= 15 is 0 Å². The molecule has 29 heavy (non-hydrogen) atoms. The van der Waals surface area contributed by atoms with E-state index in [1.54, 1.807) is 6.20 Å². The van der Waals surface area contributed by atoms with Gasteiger partial charge < -0.3 is 19.4 Å². The second-order valence-electron chi connectivity index (χ2n) is 6.30. The van der Waals surface area contributed by atoms with E-state index in [0.717, 1.165) is 21.5 Å². The van der Waals surface area contributed by atoms with E-state index in [0.29, 0.717) is 31.8 Å². The van der Waals surface area contributed by atoms with Gasteiger partial charge in [-0.3, -0.25) is 4.79 Å². The number of nitrogens with one attached hydrogen (secondary N) is 1. The quantitative estimate of drug-likeness (QED) is 0.487. The van der Waals surface area contributed by atoms with Crippen LogP contribution < -0.4 is 14.8 Å². The molecule has 0 bridgehead atoms. The number of aromatic nitrogens is 2. The van der Waals surface area contributed by atoms with Gasteiger partial charge in [-0.15, -0.1) is 0 Å². The number of amides is 1. The van der Waals surface area contributed by atoms with Crippen molar-refractivity contribution in [3.05, 3.63) is 60.9 Å². The van der Waals surface area contributed by atoms with E-state index in [9.17, 15) is 4.79 Å². The Kier molecular flexibility index (Phi) is 7.58. The summed E-state index contributed by atoms with van der Waals surface area (Å²) in [7, 11) is 1.94. The molecule has 6 nitrogen and oxygen atoms in total. The van der Waals surface area contributed by atoms with E-state index in [1.807, 2.05) is 73.3 Å². The van der Waals surface area contributed by atoms with Gasteiger partial charge in [0.2, 0.25) is 5.91 Å². The summed E-state index contributed by atoms with van der Waals surface area (Å²) >= 11 is 1.52. The van der Waals surface area contributed by atoms with Crippen LogP contribution in [-0.4, -0.2) is 28.7 Å². The molecule has 3 aromatic rings. The Morgan fingerprint density at radius 2 is 1.83 bits per heavy atom. The van der Waals surface area contributed by atoms with Crippen molar-refractivity contribution in [3.63, 3.8) is 0 Å². The van der Waals surface area contributed by atoms with E-state index in [-0.39, 0.29) is 5.91 Å². The number of carbonyl (C=O) groups excluding carboxylic acids is 1. The topological polar surface area (TPSA) is 65.4 Å². The molecule has 0 aliphatic rings. The second-order valence-corrected chi connectivity index (χ2v) is 7.31. The Labute approximate surface area is 175 Å². The molecule has 0 aliphatic carbocycles. The fourth-order valence-electron chi connectivity index (χ4n) is 2.68. The smallest absolute Gasteiger partial charge is 0.224 e. The average Bonchev–Trinajstić information content (AvgIpc) is 3.13. The summed E-state index contributed by atoms with van der Waals surface area (Å²) in [6.07, 6.45) is 4.64. The standard InChI is InChI=1S/C22H25N3O3S/c1-3-27-18-10-5-6-11-19(18)28-16-8-13-21(26)24-17-9-4-7-12-20(17)29-22-23-14-15-25(22)2/h4-7,9-12,14-15H,3,8,13,16H2,1-2H3,(H,24,26). The van der Waals surface area contributed by atoms with Crippen LogP contribution in [0.1, 0.15) is 19.8 Å². The summed E-state index contributed by atoms with van der Waals surface area (Å²) in [6, 6.07) is 15.3. The van der Waals surface area contributed by atoms with Crippen molar-refractivity contribution in [1.29, 1.82) is 0 Å². The molecule has 0 fully saturated rings. The number of aryl methyl sites for hydroxylation is 1. The van der Waals surface area contributed by atoms with Crippen LogP contribution in [0.15, 0.2) is 71.0 Å². The molecule has 1 N–H and O–H groups in total. The third-order valence-electron chi connectivity index (χ3n) is 4.09. The van der Waals surface area contributed by atoms with Crippen molar-refractivity contribution < 1.29 is 14.3 Å². The number of hydrogen-bond donors (Lipinski definition) is 1. The Morgan fingerprint density at radius 1 is 1.10 bits per heavy atom. The number of hydrogen-bond acceptors (Lipinski definition) is 5. The van der Waals surface area contributed by atoms with Crippen LogP contribution in [0.25, 0.3) is 0 Å². The van der Waals surface area contributed by atoms with Crippen molar-refractivity contribution in [2.45, 2.75) is 29.8 Å². The van der Waals surface area contributed by atoms with Crippen molar-refractivity contribution in [3.8, 4) is 11.5 Å². The molecule has 1 heterocycles. The number of ether oxygens (including phenoxy) is 2. The summed E-state index contributed by atoms with van der Waals surface area (Å²) in [5.74, 6) is 1.38. The molecule has 0 radical (unpaired) electrons. The van der Waals surface area contributed by atoms with Gasteiger partial charge in [-0.05, 0) is 49.4 Å². The Bertz CT molecular complexity index is 942. The molecule has 3 rings (SSSR count). The average molecular weight is 412 g/mol. The highest BCUT2D eigenvalue weighted by Gasteiger charge is 2.10. The number of para-hydroxylation sites is 3. The van der Waals surface area contributed by atoms with E-state index in [4.69, 9.17) is 9.47 Å². The summed E-state index contributed by atoms with van der Waals surface area (Å²) in [6.45, 7) is 2.96. The second kappa shape index (κ2) is 10.6. The largest absolute Gasteiger partial charge is 0.490 e. The highest BCUT2D eigenvalue weighted by molar-refractivity contribution is 7.99. The van der Waals surface area contributed by atoms with Gasteiger partial charge in [-0.1, -0.05) is 24.3 Å². The SMILES string of the molecule is CCOc1ccccc1OCCCC(=O)Nc1ccccc1Sc1nccn1C. The molecule has 2 aromatic carbocycles. The van der Waals surface area contributed by atoms with Gasteiger partial charge in [-0.25, -0.2) is 4.98 Å². The highest BCUT2D eigenvalue weighted by Crippen LogP contribution is 2.32. The first-order valence-corrected chi connectivity index (χ1v) is 10.4. The number of rotatable bonds is 10. The van der Waals surface area contributed by atoms with Gasteiger partial charge in [0, 0.05) is 30.8 Å². The number of carbonyl (C=O) groups is 1. The van der Waals surface area contributed by atoms with Gasteiger partial charge in [0.1, 0.15) is 0 Å². The summed E-state index contributed by atoms with van der Waals surface area (Å²) < 4.78 is 13.3. The maximum absolute atomic E-state index is 12.4. The van der Waals surface area contributed by atoms with Crippen LogP contribution >= 0.6 is 11.8 Å². The van der Waals surface area contributed by atoms with Crippen LogP contribution in [0.4, 0.5) is 5.69 Å². The minimum atomic E-state index is -0.0421. The Balaban J connectivity index is 1.50. The minimum absolute atomic E-state index is 0.0421. The predicted octanol–water partition coefficient (Wildman–Crippen LogP) is 4.77. The van der Waals surface area contributed by atoms with Crippen LogP contribution in [-0.2, 0) is 11.8 Å². The summed E-state index contributed by atoms with van der Waals surface area (Å²) in [4.78, 5) is 17.7. The Hall–Kier alpha value is -2.93. The molecule has 0 aliphatic heterocycles. The summed E-state index contributed by atoms with van der Waals surface area (Å²) in [5.41, 5.74) is 0.785. The van der Waals surface area contributed by atoms with Gasteiger partial charge >= 0.3 is 0 Å². The van der Waals surface area contributed by atoms with E-state index in [1.165, 1.54) is 11.8 Å². The van der Waals surface area contributed by atoms with Crippen LogP contribution in [0, 0.1) is 0 Å². The zero-order chi connectivity index (χ0) is 20.5. The molecule has 0 saturated carbocycles. The van der Waals surface area contributed by atoms with Crippen molar-refractivity contribution in [2.75, 3.05) is 18.5 Å². The van der Waals surface area contributed by atoms with Crippen LogP contribution in [0.2, 0.25) is 0 Å². The molecule has 0 saturated heterocycles. The first-order valence-electron chi connectivity index (χ1n) is 9.56. The van der Waals surface area contributed by atoms with E-state index < -0.39 is 0 Å². The molecule has 7 heteroatoms. The van der Waals surface area contributed by atoms with Gasteiger partial charge in [0.25, 0.3) is 0 Å². The van der Waals surface area contributed by atoms with Crippen LogP contribution in [0.3, 0.4) is 0 Å². The third-order valence-corrected chi connectivity index (χ3v) is 5.25. The highest BCUT2D eigenvalue weighted by atomic mass is 32.2.